The lowest BCUT2D eigenvalue weighted by atomic mass is 10.1. The summed E-state index contributed by atoms with van der Waals surface area (Å²) in [6, 6.07) is 80.4. The molecule has 17 aromatic rings. The fourth-order valence-corrected chi connectivity index (χ4v) is 13.0. The minimum absolute atomic E-state index is 0.548. The second-order valence-corrected chi connectivity index (χ2v) is 19.9. The van der Waals surface area contributed by atoms with Gasteiger partial charge in [-0.15, -0.1) is 0 Å². The van der Waals surface area contributed by atoms with Gasteiger partial charge in [0.2, 0.25) is 0 Å². The summed E-state index contributed by atoms with van der Waals surface area (Å²) in [5, 5.41) is 24.6. The van der Waals surface area contributed by atoms with E-state index in [1.807, 2.05) is 24.3 Å². The van der Waals surface area contributed by atoms with Gasteiger partial charge in [0, 0.05) is 65.2 Å². The highest BCUT2D eigenvalue weighted by atomic mass is 16.3. The molecule has 0 saturated carbocycles. The Labute approximate surface area is 426 Å². The van der Waals surface area contributed by atoms with E-state index in [0.29, 0.717) is 5.56 Å². The van der Waals surface area contributed by atoms with Crippen molar-refractivity contribution in [3.8, 4) is 28.8 Å². The largest absolute Gasteiger partial charge is 0.455 e. The van der Waals surface area contributed by atoms with Crippen molar-refractivity contribution in [3.05, 3.63) is 230 Å². The molecular formula is C68H39N5O2. The topological polar surface area (TPSA) is 69.8 Å². The van der Waals surface area contributed by atoms with Crippen LogP contribution in [0.5, 0.6) is 0 Å². The smallest absolute Gasteiger partial charge is 0.145 e. The molecule has 6 heterocycles. The van der Waals surface area contributed by atoms with Crippen LogP contribution in [0.3, 0.4) is 0 Å². The van der Waals surface area contributed by atoms with E-state index in [4.69, 9.17) is 8.83 Å². The molecule has 0 bridgehead atoms. The van der Waals surface area contributed by atoms with E-state index < -0.39 is 0 Å². The highest BCUT2D eigenvalue weighted by molar-refractivity contribution is 6.26. The Morgan fingerprint density at radius 1 is 0.320 bits per heavy atom. The van der Waals surface area contributed by atoms with Crippen molar-refractivity contribution in [2.24, 2.45) is 0 Å². The molecule has 7 heteroatoms. The highest BCUT2D eigenvalue weighted by Gasteiger charge is 2.28. The van der Waals surface area contributed by atoms with Gasteiger partial charge in [0.25, 0.3) is 0 Å². The van der Waals surface area contributed by atoms with Crippen molar-refractivity contribution in [2.75, 3.05) is 0 Å². The van der Waals surface area contributed by atoms with Crippen LogP contribution >= 0.6 is 0 Å². The van der Waals surface area contributed by atoms with Crippen LogP contribution < -0.4 is 0 Å². The molecule has 6 aromatic heterocycles. The van der Waals surface area contributed by atoms with Crippen LogP contribution in [0, 0.1) is 18.3 Å². The predicted molar refractivity (Wildman–Crippen MR) is 308 cm³/mol. The summed E-state index contributed by atoms with van der Waals surface area (Å²) < 4.78 is 23.4. The van der Waals surface area contributed by atoms with Crippen molar-refractivity contribution in [1.29, 1.82) is 5.26 Å². The lowest BCUT2D eigenvalue weighted by Gasteiger charge is -2.20. The zero-order valence-electron chi connectivity index (χ0n) is 40.3. The van der Waals surface area contributed by atoms with Crippen LogP contribution in [0.15, 0.2) is 227 Å². The van der Waals surface area contributed by atoms with Crippen molar-refractivity contribution in [2.45, 2.75) is 6.92 Å². The molecule has 17 rings (SSSR count). The Bertz CT molecular complexity index is 5300. The molecule has 0 fully saturated rings. The molecule has 0 spiro atoms. The first kappa shape index (κ1) is 40.3. The Kier molecular flexibility index (Phi) is 7.88. The van der Waals surface area contributed by atoms with Crippen molar-refractivity contribution >= 4 is 131 Å². The van der Waals surface area contributed by atoms with Crippen LogP contribution in [0.2, 0.25) is 0 Å². The summed E-state index contributed by atoms with van der Waals surface area (Å²) in [5.41, 5.74) is 17.1. The van der Waals surface area contributed by atoms with Crippen molar-refractivity contribution < 1.29 is 8.83 Å². The molecule has 0 radical (unpaired) electrons. The van der Waals surface area contributed by atoms with E-state index in [2.05, 4.69) is 225 Å². The van der Waals surface area contributed by atoms with Crippen molar-refractivity contribution in [3.63, 3.8) is 0 Å². The second-order valence-electron chi connectivity index (χ2n) is 19.9. The maximum absolute atomic E-state index is 11.5. The van der Waals surface area contributed by atoms with Crippen LogP contribution in [0.1, 0.15) is 11.1 Å². The second kappa shape index (κ2) is 14.7. The summed E-state index contributed by atoms with van der Waals surface area (Å²) in [4.78, 5) is 0. The fourth-order valence-electron chi connectivity index (χ4n) is 13.0. The summed E-state index contributed by atoms with van der Waals surface area (Å²) >= 11 is 0. The zero-order chi connectivity index (χ0) is 49.2. The molecule has 348 valence electrons. The third-order valence-electron chi connectivity index (χ3n) is 16.1. The summed E-state index contributed by atoms with van der Waals surface area (Å²) in [7, 11) is 0. The molecule has 11 aromatic carbocycles. The Balaban J connectivity index is 1.01. The lowest BCUT2D eigenvalue weighted by Crippen LogP contribution is -2.08. The fraction of sp³-hybridized carbons (Fsp3) is 0.0147. The number of rotatable bonds is 4. The number of hydrogen-bond donors (Lipinski definition) is 0. The van der Waals surface area contributed by atoms with Gasteiger partial charge in [0.15, 0.2) is 0 Å². The van der Waals surface area contributed by atoms with Gasteiger partial charge in [0.1, 0.15) is 28.4 Å². The number of aryl methyl sites for hydroxylation is 1. The summed E-state index contributed by atoms with van der Waals surface area (Å²) in [5.74, 6) is 0. The molecule has 0 aliphatic heterocycles. The van der Waals surface area contributed by atoms with Crippen molar-refractivity contribution in [1.82, 2.24) is 18.3 Å². The van der Waals surface area contributed by atoms with Gasteiger partial charge in [-0.1, -0.05) is 115 Å². The monoisotopic (exact) mass is 957 g/mol. The number of nitrogens with zero attached hydrogens (tertiary/aromatic N) is 5. The van der Waals surface area contributed by atoms with E-state index in [9.17, 15) is 5.26 Å². The lowest BCUT2D eigenvalue weighted by molar-refractivity contribution is 0.672. The first-order valence-corrected chi connectivity index (χ1v) is 25.4. The number of nitriles is 1. The zero-order valence-corrected chi connectivity index (χ0v) is 40.3. The molecule has 0 N–H and O–H groups in total. The predicted octanol–water partition coefficient (Wildman–Crippen LogP) is 18.1. The van der Waals surface area contributed by atoms with Gasteiger partial charge >= 0.3 is 0 Å². The Morgan fingerprint density at radius 2 is 0.693 bits per heavy atom. The number of furan rings is 2. The summed E-state index contributed by atoms with van der Waals surface area (Å²) in [6.45, 7) is 2.16. The van der Waals surface area contributed by atoms with Crippen LogP contribution in [-0.4, -0.2) is 18.3 Å². The minimum Gasteiger partial charge on any atom is -0.455 e. The number of benzene rings is 11. The molecule has 0 unspecified atom stereocenters. The average Bonchev–Trinajstić information content (AvgIpc) is 4.31. The Hall–Kier alpha value is -10.3. The van der Waals surface area contributed by atoms with Gasteiger partial charge in [-0.3, -0.25) is 0 Å². The first-order valence-electron chi connectivity index (χ1n) is 25.4. The molecule has 0 saturated heterocycles. The van der Waals surface area contributed by atoms with E-state index in [1.54, 1.807) is 0 Å². The summed E-state index contributed by atoms with van der Waals surface area (Å²) in [6.07, 6.45) is 0. The molecular weight excluding hydrogens is 919 g/mol. The molecule has 0 amide bonds. The molecule has 75 heavy (non-hydrogen) atoms. The van der Waals surface area contributed by atoms with Gasteiger partial charge in [-0.25, -0.2) is 0 Å². The third kappa shape index (κ3) is 5.26. The third-order valence-corrected chi connectivity index (χ3v) is 16.1. The van der Waals surface area contributed by atoms with Crippen LogP contribution in [-0.2, 0) is 0 Å². The van der Waals surface area contributed by atoms with Gasteiger partial charge < -0.3 is 27.1 Å². The van der Waals surface area contributed by atoms with Gasteiger partial charge in [0.05, 0.1) is 71.8 Å². The molecule has 7 nitrogen and oxygen atoms in total. The molecule has 0 aliphatic rings. The number of para-hydroxylation sites is 6. The molecule has 0 aliphatic carbocycles. The quantitative estimate of drug-likeness (QED) is 0.176. The van der Waals surface area contributed by atoms with E-state index >= 15 is 0 Å². The van der Waals surface area contributed by atoms with Gasteiger partial charge in [-0.2, -0.15) is 5.26 Å². The maximum Gasteiger partial charge on any atom is 0.145 e. The average molecular weight is 958 g/mol. The first-order chi connectivity index (χ1) is 37.1. The van der Waals surface area contributed by atoms with Gasteiger partial charge in [-0.05, 0) is 116 Å². The molecule has 0 atom stereocenters. The van der Waals surface area contributed by atoms with E-state index in [-0.39, 0.29) is 0 Å². The highest BCUT2D eigenvalue weighted by Crippen LogP contribution is 2.47. The van der Waals surface area contributed by atoms with Crippen LogP contribution in [0.25, 0.3) is 154 Å². The number of hydrogen-bond acceptors (Lipinski definition) is 3. The maximum atomic E-state index is 11.5. The number of aromatic nitrogens is 4. The minimum atomic E-state index is 0.548. The Morgan fingerprint density at radius 3 is 1.13 bits per heavy atom. The standard InChI is InChI=1S/C68H39N5O2/c1-39-26-27-40(38-69)66(73-58-33-29-42(71-55-22-10-4-16-45(55)46-17-5-11-23-56(46)71)37-52(58)64-60(73)35-31-50-48-19-7-13-25-62(48)75-68(50)64)65(39)72-57-32-28-41(70-53-20-8-2-14-43(53)44-15-3-9-21-54(44)70)36-51(57)63-59(72)34-30-49-47-18-6-12-24-61(47)74-67(49)63/h2-37H,1H3. The normalized spacial score (nSPS) is 12.3. The number of fused-ring (bicyclic) bond motifs is 20. The van der Waals surface area contributed by atoms with E-state index in [1.165, 1.54) is 21.5 Å². The SMILES string of the molecule is Cc1ccc(C#N)c(-n2c3ccc(-n4c5ccccc5c5ccccc54)cc3c3c4oc5ccccc5c4ccc32)c1-n1c2ccc(-n3c4ccccc4c4ccccc43)cc2c2c3oc4ccccc4c3ccc21. The van der Waals surface area contributed by atoms with E-state index in [0.717, 1.165) is 138 Å². The van der Waals surface area contributed by atoms with Crippen LogP contribution in [0.4, 0.5) is 0 Å².